The van der Waals surface area contributed by atoms with E-state index in [9.17, 15) is 9.90 Å². The predicted octanol–water partition coefficient (Wildman–Crippen LogP) is 1.83. The highest BCUT2D eigenvalue weighted by Crippen LogP contribution is 2.52. The highest BCUT2D eigenvalue weighted by molar-refractivity contribution is 5.85. The highest BCUT2D eigenvalue weighted by atomic mass is 16.4. The van der Waals surface area contributed by atoms with Gasteiger partial charge in [-0.2, -0.15) is 0 Å². The molecular weight excluding hydrogens is 202 g/mol. The Balaban J connectivity index is 2.35. The van der Waals surface area contributed by atoms with E-state index in [0.717, 1.165) is 5.56 Å². The van der Waals surface area contributed by atoms with Crippen LogP contribution in [0.2, 0.25) is 0 Å². The number of carbonyl (C=O) groups is 1. The molecule has 1 fully saturated rings. The van der Waals surface area contributed by atoms with Crippen LogP contribution >= 0.6 is 0 Å². The molecule has 0 aromatic heterocycles. The molecule has 2 rings (SSSR count). The van der Waals surface area contributed by atoms with E-state index in [1.165, 1.54) is 11.1 Å². The van der Waals surface area contributed by atoms with Crippen molar-refractivity contribution in [1.29, 1.82) is 0 Å². The number of benzene rings is 1. The summed E-state index contributed by atoms with van der Waals surface area (Å²) in [5.74, 6) is -0.643. The van der Waals surface area contributed by atoms with Crippen LogP contribution in [-0.4, -0.2) is 23.7 Å². The average Bonchev–Trinajstić information content (AvgIpc) is 2.97. The lowest BCUT2D eigenvalue weighted by molar-refractivity contribution is -0.140. The van der Waals surface area contributed by atoms with Gasteiger partial charge in [-0.15, -0.1) is 0 Å². The fraction of sp³-hybridized carbons (Fsp3) is 0.462. The number of hydrogen-bond donors (Lipinski definition) is 2. The molecule has 0 bridgehead atoms. The molecule has 1 saturated carbocycles. The molecule has 1 aliphatic rings. The van der Waals surface area contributed by atoms with Crippen molar-refractivity contribution in [3.05, 3.63) is 34.9 Å². The molecule has 2 N–H and O–H groups in total. The molecule has 1 aromatic rings. The Morgan fingerprint density at radius 1 is 1.50 bits per heavy atom. The van der Waals surface area contributed by atoms with Gasteiger partial charge in [-0.3, -0.25) is 4.79 Å². The summed E-state index contributed by atoms with van der Waals surface area (Å²) in [6.45, 7) is 4.07. The van der Waals surface area contributed by atoms with E-state index in [0.29, 0.717) is 6.42 Å². The molecule has 0 amide bonds. The molecule has 3 heteroatoms. The summed E-state index contributed by atoms with van der Waals surface area (Å²) in [4.78, 5) is 11.2. The minimum absolute atomic E-state index is 0.106. The number of likely N-dealkylation sites (N-methyl/N-ethyl adjacent to an activating group) is 1. The third kappa shape index (κ3) is 1.52. The van der Waals surface area contributed by atoms with Gasteiger partial charge in [-0.25, -0.2) is 0 Å². The van der Waals surface area contributed by atoms with Crippen molar-refractivity contribution in [2.75, 3.05) is 7.05 Å². The molecule has 2 unspecified atom stereocenters. The van der Waals surface area contributed by atoms with Gasteiger partial charge in [0.2, 0.25) is 0 Å². The van der Waals surface area contributed by atoms with Gasteiger partial charge in [0.25, 0.3) is 0 Å². The minimum Gasteiger partial charge on any atom is -0.480 e. The first kappa shape index (κ1) is 11.1. The Morgan fingerprint density at radius 3 is 2.69 bits per heavy atom. The SMILES string of the molecule is CNC1(C(=O)O)CC1c1cc(C)ccc1C. The van der Waals surface area contributed by atoms with E-state index in [1.807, 2.05) is 13.8 Å². The standard InChI is InChI=1S/C13H17NO2/c1-8-4-5-9(2)10(6-8)11-7-13(11,14-3)12(15)16/h4-6,11,14H,7H2,1-3H3,(H,15,16). The monoisotopic (exact) mass is 219 g/mol. The van der Waals surface area contributed by atoms with Crippen LogP contribution in [0.25, 0.3) is 0 Å². The lowest BCUT2D eigenvalue weighted by Gasteiger charge is -2.13. The number of aliphatic carboxylic acids is 1. The summed E-state index contributed by atoms with van der Waals surface area (Å²) < 4.78 is 0. The molecule has 0 aliphatic heterocycles. The Bertz CT molecular complexity index is 442. The predicted molar refractivity (Wildman–Crippen MR) is 62.7 cm³/mol. The van der Waals surface area contributed by atoms with Gasteiger partial charge in [0.15, 0.2) is 0 Å². The summed E-state index contributed by atoms with van der Waals surface area (Å²) in [7, 11) is 1.72. The highest BCUT2D eigenvalue weighted by Gasteiger charge is 2.60. The lowest BCUT2D eigenvalue weighted by Crippen LogP contribution is -2.38. The average molecular weight is 219 g/mol. The number of carboxylic acids is 1. The molecule has 0 spiro atoms. The smallest absolute Gasteiger partial charge is 0.324 e. The van der Waals surface area contributed by atoms with Crippen LogP contribution in [0.3, 0.4) is 0 Å². The summed E-state index contributed by atoms with van der Waals surface area (Å²) in [5.41, 5.74) is 2.78. The summed E-state index contributed by atoms with van der Waals surface area (Å²) in [6, 6.07) is 6.22. The van der Waals surface area contributed by atoms with E-state index in [-0.39, 0.29) is 5.92 Å². The van der Waals surface area contributed by atoms with Crippen LogP contribution in [0.4, 0.5) is 0 Å². The number of hydrogen-bond acceptors (Lipinski definition) is 2. The maximum absolute atomic E-state index is 11.2. The van der Waals surface area contributed by atoms with Crippen LogP contribution in [0.5, 0.6) is 0 Å². The van der Waals surface area contributed by atoms with Crippen molar-refractivity contribution in [1.82, 2.24) is 5.32 Å². The zero-order chi connectivity index (χ0) is 11.9. The topological polar surface area (TPSA) is 49.3 Å². The van der Waals surface area contributed by atoms with E-state index in [1.54, 1.807) is 7.05 Å². The maximum Gasteiger partial charge on any atom is 0.324 e. The van der Waals surface area contributed by atoms with Gasteiger partial charge in [-0.1, -0.05) is 23.8 Å². The molecule has 2 atom stereocenters. The number of rotatable bonds is 3. The Hall–Kier alpha value is -1.35. The van der Waals surface area contributed by atoms with Crippen LogP contribution in [0.1, 0.15) is 29.0 Å². The number of nitrogens with one attached hydrogen (secondary N) is 1. The van der Waals surface area contributed by atoms with E-state index in [4.69, 9.17) is 0 Å². The van der Waals surface area contributed by atoms with Crippen LogP contribution in [0, 0.1) is 13.8 Å². The van der Waals surface area contributed by atoms with Gasteiger partial charge >= 0.3 is 5.97 Å². The summed E-state index contributed by atoms with van der Waals surface area (Å²) in [6.07, 6.45) is 0.684. The second-order valence-corrected chi connectivity index (χ2v) is 4.64. The van der Waals surface area contributed by atoms with Crippen molar-refractivity contribution in [2.45, 2.75) is 31.7 Å². The van der Waals surface area contributed by atoms with Gasteiger partial charge in [0.05, 0.1) is 0 Å². The molecule has 16 heavy (non-hydrogen) atoms. The largest absolute Gasteiger partial charge is 0.480 e. The maximum atomic E-state index is 11.2. The van der Waals surface area contributed by atoms with E-state index < -0.39 is 11.5 Å². The van der Waals surface area contributed by atoms with Crippen LogP contribution < -0.4 is 5.32 Å². The summed E-state index contributed by atoms with van der Waals surface area (Å²) >= 11 is 0. The molecule has 1 aliphatic carbocycles. The Kier molecular flexibility index (Phi) is 2.50. The Labute approximate surface area is 95.5 Å². The summed E-state index contributed by atoms with van der Waals surface area (Å²) in [5, 5.41) is 12.2. The van der Waals surface area contributed by atoms with Crippen molar-refractivity contribution in [3.63, 3.8) is 0 Å². The molecular formula is C13H17NO2. The van der Waals surface area contributed by atoms with Crippen molar-refractivity contribution >= 4 is 5.97 Å². The molecule has 0 saturated heterocycles. The van der Waals surface area contributed by atoms with Gasteiger partial charge in [0, 0.05) is 5.92 Å². The molecule has 1 aromatic carbocycles. The fourth-order valence-corrected chi connectivity index (χ4v) is 2.39. The first-order valence-electron chi connectivity index (χ1n) is 5.50. The molecule has 0 heterocycles. The van der Waals surface area contributed by atoms with E-state index in [2.05, 4.69) is 23.5 Å². The third-order valence-corrected chi connectivity index (χ3v) is 3.60. The quantitative estimate of drug-likeness (QED) is 0.815. The second kappa shape index (κ2) is 3.59. The van der Waals surface area contributed by atoms with Crippen LogP contribution in [0.15, 0.2) is 18.2 Å². The molecule has 3 nitrogen and oxygen atoms in total. The zero-order valence-electron chi connectivity index (χ0n) is 9.87. The third-order valence-electron chi connectivity index (χ3n) is 3.60. The molecule has 86 valence electrons. The number of carboxylic acid groups (broad SMARTS) is 1. The van der Waals surface area contributed by atoms with Crippen molar-refractivity contribution in [2.24, 2.45) is 0 Å². The van der Waals surface area contributed by atoms with Gasteiger partial charge in [0.1, 0.15) is 5.54 Å². The zero-order valence-corrected chi connectivity index (χ0v) is 9.87. The Morgan fingerprint density at radius 2 is 2.19 bits per heavy atom. The van der Waals surface area contributed by atoms with E-state index >= 15 is 0 Å². The number of aryl methyl sites for hydroxylation is 2. The lowest BCUT2D eigenvalue weighted by atomic mass is 9.99. The van der Waals surface area contributed by atoms with Gasteiger partial charge < -0.3 is 10.4 Å². The first-order valence-corrected chi connectivity index (χ1v) is 5.50. The molecule has 0 radical (unpaired) electrons. The van der Waals surface area contributed by atoms with Crippen LogP contribution in [-0.2, 0) is 4.79 Å². The minimum atomic E-state index is -0.749. The van der Waals surface area contributed by atoms with Crippen molar-refractivity contribution in [3.8, 4) is 0 Å². The van der Waals surface area contributed by atoms with Gasteiger partial charge in [-0.05, 0) is 38.4 Å². The van der Waals surface area contributed by atoms with Crippen molar-refractivity contribution < 1.29 is 9.90 Å². The first-order chi connectivity index (χ1) is 7.51. The second-order valence-electron chi connectivity index (χ2n) is 4.64. The fourth-order valence-electron chi connectivity index (χ4n) is 2.39. The normalized spacial score (nSPS) is 27.8.